The minimum Gasteiger partial charge on any atom is -0.434 e. The zero-order chi connectivity index (χ0) is 22.9. The molecule has 0 spiro atoms. The fourth-order valence-electron chi connectivity index (χ4n) is 3.81. The van der Waals surface area contributed by atoms with Crippen molar-refractivity contribution in [3.63, 3.8) is 0 Å². The Morgan fingerprint density at radius 2 is 1.10 bits per heavy atom. The van der Waals surface area contributed by atoms with Crippen LogP contribution >= 0.6 is 0 Å². The van der Waals surface area contributed by atoms with E-state index in [1.807, 2.05) is 0 Å². The molecule has 0 radical (unpaired) electrons. The first-order valence-electron chi connectivity index (χ1n) is 12.5. The standard InChI is InChI=1S/C25H46O6/c1-20(2)13-8-5-6-10-17-28-24(26)30-22-15-12-16-23(19-22)31-25(27)29-18-11-7-9-14-21(3)4/h20-23H,5-19H2,1-4H3. The van der Waals surface area contributed by atoms with Crippen molar-refractivity contribution < 1.29 is 28.5 Å². The van der Waals surface area contributed by atoms with Crippen LogP contribution in [-0.4, -0.2) is 37.7 Å². The van der Waals surface area contributed by atoms with E-state index in [1.54, 1.807) is 0 Å². The zero-order valence-electron chi connectivity index (χ0n) is 20.4. The minimum atomic E-state index is -0.616. The fourth-order valence-corrected chi connectivity index (χ4v) is 3.81. The van der Waals surface area contributed by atoms with Crippen LogP contribution in [0.2, 0.25) is 0 Å². The Morgan fingerprint density at radius 1 is 0.677 bits per heavy atom. The van der Waals surface area contributed by atoms with Crippen LogP contribution in [0.4, 0.5) is 9.59 Å². The highest BCUT2D eigenvalue weighted by Gasteiger charge is 2.28. The summed E-state index contributed by atoms with van der Waals surface area (Å²) in [5.74, 6) is 1.46. The van der Waals surface area contributed by atoms with Gasteiger partial charge in [-0.3, -0.25) is 0 Å². The number of carbonyl (C=O) groups is 2. The maximum atomic E-state index is 11.9. The first-order valence-corrected chi connectivity index (χ1v) is 12.5. The van der Waals surface area contributed by atoms with Gasteiger partial charge in [0.15, 0.2) is 0 Å². The number of carbonyl (C=O) groups excluding carboxylic acids is 2. The van der Waals surface area contributed by atoms with E-state index in [0.29, 0.717) is 25.6 Å². The third kappa shape index (κ3) is 15.9. The molecule has 2 unspecified atom stereocenters. The lowest BCUT2D eigenvalue weighted by Crippen LogP contribution is -2.32. The molecule has 0 heterocycles. The third-order valence-corrected chi connectivity index (χ3v) is 5.65. The molecular weight excluding hydrogens is 396 g/mol. The van der Waals surface area contributed by atoms with Gasteiger partial charge in [0.2, 0.25) is 0 Å². The highest BCUT2D eigenvalue weighted by atomic mass is 16.7. The monoisotopic (exact) mass is 442 g/mol. The van der Waals surface area contributed by atoms with Crippen molar-refractivity contribution in [3.05, 3.63) is 0 Å². The van der Waals surface area contributed by atoms with Gasteiger partial charge in [0, 0.05) is 6.42 Å². The SMILES string of the molecule is CC(C)CCCCCCOC(=O)OC1CCCC(OC(=O)OCCCCCC(C)C)C1. The van der Waals surface area contributed by atoms with E-state index in [0.717, 1.165) is 57.3 Å². The average molecular weight is 443 g/mol. The molecule has 0 saturated heterocycles. The molecule has 1 aliphatic carbocycles. The summed E-state index contributed by atoms with van der Waals surface area (Å²) in [5.41, 5.74) is 0. The first kappa shape index (κ1) is 27.6. The second-order valence-corrected chi connectivity index (χ2v) is 9.68. The molecule has 31 heavy (non-hydrogen) atoms. The topological polar surface area (TPSA) is 71.1 Å². The van der Waals surface area contributed by atoms with Crippen LogP contribution in [0.3, 0.4) is 0 Å². The van der Waals surface area contributed by atoms with Crippen LogP contribution < -0.4 is 0 Å². The molecule has 0 bridgehead atoms. The summed E-state index contributed by atoms with van der Waals surface area (Å²) in [5, 5.41) is 0. The molecule has 0 aromatic heterocycles. The molecule has 1 rings (SSSR count). The van der Waals surface area contributed by atoms with Crippen molar-refractivity contribution >= 4 is 12.3 Å². The molecule has 1 fully saturated rings. The lowest BCUT2D eigenvalue weighted by molar-refractivity contribution is -0.0350. The van der Waals surface area contributed by atoms with Crippen LogP contribution in [-0.2, 0) is 18.9 Å². The van der Waals surface area contributed by atoms with E-state index in [2.05, 4.69) is 27.7 Å². The van der Waals surface area contributed by atoms with Crippen molar-refractivity contribution in [2.45, 2.75) is 123 Å². The molecule has 0 aliphatic heterocycles. The van der Waals surface area contributed by atoms with E-state index in [-0.39, 0.29) is 12.2 Å². The largest absolute Gasteiger partial charge is 0.508 e. The van der Waals surface area contributed by atoms with E-state index >= 15 is 0 Å². The van der Waals surface area contributed by atoms with Gasteiger partial charge in [-0.1, -0.05) is 72.6 Å². The normalized spacial score (nSPS) is 18.8. The van der Waals surface area contributed by atoms with Crippen molar-refractivity contribution in [3.8, 4) is 0 Å². The predicted molar refractivity (Wildman–Crippen MR) is 122 cm³/mol. The Kier molecular flexibility index (Phi) is 15.2. The van der Waals surface area contributed by atoms with Gasteiger partial charge in [-0.25, -0.2) is 9.59 Å². The maximum Gasteiger partial charge on any atom is 0.508 e. The Balaban J connectivity index is 2.08. The average Bonchev–Trinajstić information content (AvgIpc) is 2.69. The molecule has 0 aromatic rings. The van der Waals surface area contributed by atoms with Crippen LogP contribution in [0.15, 0.2) is 0 Å². The lowest BCUT2D eigenvalue weighted by Gasteiger charge is -2.28. The highest BCUT2D eigenvalue weighted by molar-refractivity contribution is 5.60. The smallest absolute Gasteiger partial charge is 0.434 e. The molecule has 2 atom stereocenters. The second-order valence-electron chi connectivity index (χ2n) is 9.68. The van der Waals surface area contributed by atoms with Gasteiger partial charge in [-0.15, -0.1) is 0 Å². The van der Waals surface area contributed by atoms with Crippen LogP contribution in [0, 0.1) is 11.8 Å². The van der Waals surface area contributed by atoms with Crippen LogP contribution in [0.1, 0.15) is 111 Å². The van der Waals surface area contributed by atoms with E-state index < -0.39 is 12.3 Å². The highest BCUT2D eigenvalue weighted by Crippen LogP contribution is 2.24. The van der Waals surface area contributed by atoms with Gasteiger partial charge in [-0.05, 0) is 43.9 Å². The molecule has 182 valence electrons. The molecule has 6 nitrogen and oxygen atoms in total. The Hall–Kier alpha value is -1.46. The number of hydrogen-bond donors (Lipinski definition) is 0. The number of unbranched alkanes of at least 4 members (excludes halogenated alkanes) is 5. The molecule has 0 amide bonds. The Labute approximate surface area is 189 Å². The Morgan fingerprint density at radius 3 is 1.55 bits per heavy atom. The first-order chi connectivity index (χ1) is 14.9. The molecule has 6 heteroatoms. The van der Waals surface area contributed by atoms with Crippen molar-refractivity contribution in [2.75, 3.05) is 13.2 Å². The second kappa shape index (κ2) is 17.1. The summed E-state index contributed by atoms with van der Waals surface area (Å²) in [6, 6.07) is 0. The predicted octanol–water partition coefficient (Wildman–Crippen LogP) is 7.43. The summed E-state index contributed by atoms with van der Waals surface area (Å²) >= 11 is 0. The van der Waals surface area contributed by atoms with Crippen molar-refractivity contribution in [2.24, 2.45) is 11.8 Å². The molecule has 0 N–H and O–H groups in total. The summed E-state index contributed by atoms with van der Waals surface area (Å²) in [4.78, 5) is 23.8. The van der Waals surface area contributed by atoms with Gasteiger partial charge >= 0.3 is 12.3 Å². The van der Waals surface area contributed by atoms with Gasteiger partial charge in [0.05, 0.1) is 13.2 Å². The van der Waals surface area contributed by atoms with Gasteiger partial charge in [0.25, 0.3) is 0 Å². The number of rotatable bonds is 15. The summed E-state index contributed by atoms with van der Waals surface area (Å²) in [6.45, 7) is 9.69. The van der Waals surface area contributed by atoms with Crippen LogP contribution in [0.5, 0.6) is 0 Å². The molecule has 1 saturated carbocycles. The van der Waals surface area contributed by atoms with Gasteiger partial charge in [0.1, 0.15) is 12.2 Å². The van der Waals surface area contributed by atoms with Crippen molar-refractivity contribution in [1.82, 2.24) is 0 Å². The maximum absolute atomic E-state index is 11.9. The molecule has 0 aromatic carbocycles. The van der Waals surface area contributed by atoms with Crippen LogP contribution in [0.25, 0.3) is 0 Å². The fraction of sp³-hybridized carbons (Fsp3) is 0.920. The van der Waals surface area contributed by atoms with E-state index in [9.17, 15) is 9.59 Å². The number of ether oxygens (including phenoxy) is 4. The summed E-state index contributed by atoms with van der Waals surface area (Å²) < 4.78 is 21.2. The van der Waals surface area contributed by atoms with Crippen molar-refractivity contribution in [1.29, 1.82) is 0 Å². The Bertz CT molecular complexity index is 477. The van der Waals surface area contributed by atoms with E-state index in [4.69, 9.17) is 18.9 Å². The number of hydrogen-bond acceptors (Lipinski definition) is 6. The third-order valence-electron chi connectivity index (χ3n) is 5.65. The van der Waals surface area contributed by atoms with Gasteiger partial charge in [-0.2, -0.15) is 0 Å². The summed E-state index contributed by atoms with van der Waals surface area (Å²) in [6.07, 6.45) is 11.0. The zero-order valence-corrected chi connectivity index (χ0v) is 20.4. The lowest BCUT2D eigenvalue weighted by atomic mass is 9.95. The summed E-state index contributed by atoms with van der Waals surface area (Å²) in [7, 11) is 0. The van der Waals surface area contributed by atoms with Gasteiger partial charge < -0.3 is 18.9 Å². The molecular formula is C25H46O6. The van der Waals surface area contributed by atoms with E-state index in [1.165, 1.54) is 25.7 Å². The quantitative estimate of drug-likeness (QED) is 0.194. The molecule has 1 aliphatic rings. The minimum absolute atomic E-state index is 0.263.